The average Bonchev–Trinajstić information content (AvgIpc) is 2.65. The molecule has 0 N–H and O–H groups in total. The molecule has 1 heterocycles. The quantitative estimate of drug-likeness (QED) is 0.301. The Morgan fingerprint density at radius 1 is 0.621 bits per heavy atom. The van der Waals surface area contributed by atoms with Crippen LogP contribution in [-0.4, -0.2) is 18.7 Å². The lowest BCUT2D eigenvalue weighted by atomic mass is 9.92. The average molecular weight is 553 g/mol. The molecule has 0 aliphatic heterocycles. The molecule has 11 heteroatoms. The summed E-state index contributed by atoms with van der Waals surface area (Å²) in [6.45, 7) is 0. The first-order valence-electron chi connectivity index (χ1n) is 7.75. The lowest BCUT2D eigenvalue weighted by Gasteiger charge is -2.25. The van der Waals surface area contributed by atoms with Crippen LogP contribution in [0.3, 0.4) is 0 Å². The van der Waals surface area contributed by atoms with Crippen LogP contribution in [-0.2, 0) is 3.79 Å². The molecule has 3 rings (SSSR count). The van der Waals surface area contributed by atoms with Crippen LogP contribution in [0.1, 0.15) is 22.9 Å². The van der Waals surface area contributed by atoms with Crippen molar-refractivity contribution in [1.29, 1.82) is 0 Å². The van der Waals surface area contributed by atoms with Crippen molar-refractivity contribution in [3.05, 3.63) is 88.2 Å². The van der Waals surface area contributed by atoms with E-state index in [1.165, 1.54) is 12.7 Å². The Morgan fingerprint density at radius 2 is 1.00 bits per heavy atom. The molecule has 2 aromatic carbocycles. The van der Waals surface area contributed by atoms with E-state index in [-0.39, 0.29) is 11.7 Å². The summed E-state index contributed by atoms with van der Waals surface area (Å²) in [6.07, 6.45) is 2.54. The number of benzene rings is 2. The lowest BCUT2D eigenvalue weighted by molar-refractivity contribution is 0.839. The third-order valence-electron chi connectivity index (χ3n) is 3.48. The number of halogens is 8. The standard InChI is InChI=1S/C14H9Cl5.C4H2Cl3N3/c15-11-5-1-9(2-6-11)13(14(17,18)19)10-3-7-12(16)8-4-10;5-4(6,7)3-9-1-8-2-10-3/h1-8,13H;1-2H. The van der Waals surface area contributed by atoms with Crippen LogP contribution in [0.15, 0.2) is 61.2 Å². The molecule has 0 saturated heterocycles. The molecule has 0 amide bonds. The number of alkyl halides is 6. The maximum atomic E-state index is 6.11. The summed E-state index contributed by atoms with van der Waals surface area (Å²) < 4.78 is -3.01. The Morgan fingerprint density at radius 3 is 1.28 bits per heavy atom. The first kappa shape index (κ1) is 25.0. The van der Waals surface area contributed by atoms with Gasteiger partial charge in [0.25, 0.3) is 0 Å². The Balaban J connectivity index is 0.000000253. The maximum absolute atomic E-state index is 6.11. The van der Waals surface area contributed by atoms with E-state index >= 15 is 0 Å². The number of nitrogens with zero attached hydrogens (tertiary/aromatic N) is 3. The van der Waals surface area contributed by atoms with Crippen molar-refractivity contribution in [2.75, 3.05) is 0 Å². The predicted molar refractivity (Wildman–Crippen MR) is 124 cm³/mol. The Hall–Kier alpha value is -0.230. The molecule has 0 aliphatic carbocycles. The molecular formula is C18H11Cl8N3. The van der Waals surface area contributed by atoms with Crippen LogP contribution in [0.25, 0.3) is 0 Å². The van der Waals surface area contributed by atoms with Crippen molar-refractivity contribution in [3.8, 4) is 0 Å². The Bertz CT molecular complexity index is 846. The van der Waals surface area contributed by atoms with Crippen LogP contribution in [0, 0.1) is 0 Å². The van der Waals surface area contributed by atoms with E-state index in [4.69, 9.17) is 92.8 Å². The van der Waals surface area contributed by atoms with Gasteiger partial charge in [-0.3, -0.25) is 0 Å². The van der Waals surface area contributed by atoms with E-state index in [1.54, 1.807) is 24.3 Å². The second kappa shape index (κ2) is 10.9. The normalized spacial score (nSPS) is 11.8. The summed E-state index contributed by atoms with van der Waals surface area (Å²) in [5.41, 5.74) is 1.76. The maximum Gasteiger partial charge on any atom is 0.250 e. The third kappa shape index (κ3) is 8.08. The minimum atomic E-state index is -1.55. The summed E-state index contributed by atoms with van der Waals surface area (Å²) in [6, 6.07) is 14.5. The monoisotopic (exact) mass is 549 g/mol. The van der Waals surface area contributed by atoms with Crippen molar-refractivity contribution < 1.29 is 0 Å². The second-order valence-corrected chi connectivity index (χ2v) is 11.1. The fourth-order valence-corrected chi connectivity index (χ4v) is 3.57. The molecule has 3 nitrogen and oxygen atoms in total. The SMILES string of the molecule is ClC(Cl)(Cl)c1ncncn1.Clc1ccc(C(c2ccc(Cl)cc2)C(Cl)(Cl)Cl)cc1. The molecule has 0 bridgehead atoms. The van der Waals surface area contributed by atoms with E-state index in [2.05, 4.69) is 15.0 Å². The summed E-state index contributed by atoms with van der Waals surface area (Å²) in [7, 11) is 0. The van der Waals surface area contributed by atoms with Crippen molar-refractivity contribution >= 4 is 92.8 Å². The van der Waals surface area contributed by atoms with Gasteiger partial charge in [-0.15, -0.1) is 0 Å². The van der Waals surface area contributed by atoms with E-state index in [0.29, 0.717) is 10.0 Å². The van der Waals surface area contributed by atoms with E-state index in [0.717, 1.165) is 11.1 Å². The highest BCUT2D eigenvalue weighted by Crippen LogP contribution is 2.45. The first-order valence-corrected chi connectivity index (χ1v) is 10.8. The molecule has 3 aromatic rings. The molecule has 0 radical (unpaired) electrons. The molecule has 0 unspecified atom stereocenters. The van der Waals surface area contributed by atoms with Crippen molar-refractivity contribution in [2.45, 2.75) is 13.5 Å². The summed E-state index contributed by atoms with van der Waals surface area (Å²) in [5, 5.41) is 1.28. The van der Waals surface area contributed by atoms with Gasteiger partial charge in [0.2, 0.25) is 7.59 Å². The van der Waals surface area contributed by atoms with Gasteiger partial charge in [-0.2, -0.15) is 0 Å². The zero-order valence-corrected chi connectivity index (χ0v) is 20.3. The molecule has 0 saturated carbocycles. The third-order valence-corrected chi connectivity index (χ3v) is 5.15. The zero-order valence-electron chi connectivity index (χ0n) is 14.2. The number of rotatable bonds is 2. The molecule has 0 aliphatic rings. The largest absolute Gasteiger partial charge is 0.250 e. The van der Waals surface area contributed by atoms with E-state index in [1.807, 2.05) is 24.3 Å². The van der Waals surface area contributed by atoms with Crippen LogP contribution in [0.5, 0.6) is 0 Å². The van der Waals surface area contributed by atoms with Crippen LogP contribution in [0.4, 0.5) is 0 Å². The van der Waals surface area contributed by atoms with E-state index in [9.17, 15) is 0 Å². The Kier molecular flexibility index (Phi) is 9.39. The fraction of sp³-hybridized carbons (Fsp3) is 0.167. The van der Waals surface area contributed by atoms with Crippen molar-refractivity contribution in [1.82, 2.24) is 15.0 Å². The second-order valence-electron chi connectivity index (χ2n) is 5.54. The van der Waals surface area contributed by atoms with Crippen molar-refractivity contribution in [3.63, 3.8) is 0 Å². The smallest absolute Gasteiger partial charge is 0.225 e. The topological polar surface area (TPSA) is 38.7 Å². The van der Waals surface area contributed by atoms with Gasteiger partial charge in [0.15, 0.2) is 5.82 Å². The van der Waals surface area contributed by atoms with Crippen molar-refractivity contribution in [2.24, 2.45) is 0 Å². The number of aromatic nitrogens is 3. The van der Waals surface area contributed by atoms with Gasteiger partial charge in [-0.05, 0) is 35.4 Å². The number of hydrogen-bond acceptors (Lipinski definition) is 3. The van der Waals surface area contributed by atoms with E-state index < -0.39 is 7.59 Å². The minimum Gasteiger partial charge on any atom is -0.225 e. The van der Waals surface area contributed by atoms with Gasteiger partial charge >= 0.3 is 0 Å². The molecule has 0 fully saturated rings. The van der Waals surface area contributed by atoms with Crippen LogP contribution in [0.2, 0.25) is 10.0 Å². The predicted octanol–water partition coefficient (Wildman–Crippen LogP) is 8.19. The summed E-state index contributed by atoms with van der Waals surface area (Å²) in [4.78, 5) is 10.8. The zero-order chi connectivity index (χ0) is 21.7. The summed E-state index contributed by atoms with van der Waals surface area (Å²) >= 11 is 46.4. The molecular weight excluding hydrogens is 542 g/mol. The van der Waals surface area contributed by atoms with Gasteiger partial charge in [0, 0.05) is 10.0 Å². The molecule has 154 valence electrons. The minimum absolute atomic E-state index is 0.132. The number of hydrogen-bond donors (Lipinski definition) is 0. The molecule has 29 heavy (non-hydrogen) atoms. The van der Waals surface area contributed by atoms with Gasteiger partial charge < -0.3 is 0 Å². The molecule has 1 aromatic heterocycles. The van der Waals surface area contributed by atoms with Crippen LogP contribution >= 0.6 is 92.8 Å². The van der Waals surface area contributed by atoms with Gasteiger partial charge in [0.1, 0.15) is 12.7 Å². The van der Waals surface area contributed by atoms with Gasteiger partial charge in [0.05, 0.1) is 5.92 Å². The Labute approximate surface area is 208 Å². The highest BCUT2D eigenvalue weighted by atomic mass is 35.6. The molecule has 0 atom stereocenters. The first-order chi connectivity index (χ1) is 13.5. The highest BCUT2D eigenvalue weighted by Gasteiger charge is 2.35. The van der Waals surface area contributed by atoms with Gasteiger partial charge in [-0.25, -0.2) is 15.0 Å². The lowest BCUT2D eigenvalue weighted by Crippen LogP contribution is -2.18. The van der Waals surface area contributed by atoms with Crippen LogP contribution < -0.4 is 0 Å². The molecule has 0 spiro atoms. The highest BCUT2D eigenvalue weighted by molar-refractivity contribution is 6.68. The summed E-state index contributed by atoms with van der Waals surface area (Å²) in [5.74, 6) is -0.250. The van der Waals surface area contributed by atoms with Gasteiger partial charge in [-0.1, -0.05) is 117 Å². The fourth-order valence-electron chi connectivity index (χ4n) is 2.27.